The van der Waals surface area contributed by atoms with Crippen LogP contribution < -0.4 is 5.32 Å². The van der Waals surface area contributed by atoms with Crippen LogP contribution in [-0.4, -0.2) is 18.2 Å². The third-order valence-corrected chi connectivity index (χ3v) is 3.83. The summed E-state index contributed by atoms with van der Waals surface area (Å²) in [5.74, 6) is -0.122. The summed E-state index contributed by atoms with van der Waals surface area (Å²) in [6, 6.07) is 10.8. The zero-order chi connectivity index (χ0) is 15.4. The number of ether oxygens (including phenoxy) is 1. The number of para-hydroxylation sites is 1. The van der Waals surface area contributed by atoms with Gasteiger partial charge in [0.15, 0.2) is 0 Å². The van der Waals surface area contributed by atoms with Crippen molar-refractivity contribution in [3.63, 3.8) is 0 Å². The molecule has 0 aliphatic rings. The van der Waals surface area contributed by atoms with E-state index in [1.165, 1.54) is 7.11 Å². The molecule has 0 saturated heterocycles. The Morgan fingerprint density at radius 1 is 1.33 bits per heavy atom. The summed E-state index contributed by atoms with van der Waals surface area (Å²) in [6.07, 6.45) is 0. The monoisotopic (exact) mass is 349 g/mol. The van der Waals surface area contributed by atoms with Crippen LogP contribution in [0.1, 0.15) is 21.5 Å². The van der Waals surface area contributed by atoms with Crippen LogP contribution in [-0.2, 0) is 11.3 Å². The molecule has 4 nitrogen and oxygen atoms in total. The van der Waals surface area contributed by atoms with E-state index in [9.17, 15) is 9.90 Å². The Labute approximate surface area is 131 Å². The fraction of sp³-hybridized carbons (Fsp3) is 0.188. The van der Waals surface area contributed by atoms with E-state index in [0.29, 0.717) is 16.6 Å². The third-order valence-electron chi connectivity index (χ3n) is 3.19. The van der Waals surface area contributed by atoms with E-state index in [0.717, 1.165) is 16.8 Å². The molecule has 2 rings (SSSR count). The minimum Gasteiger partial charge on any atom is -0.506 e. The van der Waals surface area contributed by atoms with Crippen LogP contribution in [0.25, 0.3) is 0 Å². The van der Waals surface area contributed by atoms with Gasteiger partial charge in [0.05, 0.1) is 17.1 Å². The van der Waals surface area contributed by atoms with Gasteiger partial charge in [-0.15, -0.1) is 0 Å². The molecule has 0 bridgehead atoms. The van der Waals surface area contributed by atoms with Crippen LogP contribution in [0.4, 0.5) is 5.69 Å². The van der Waals surface area contributed by atoms with Crippen LogP contribution in [0.5, 0.6) is 5.75 Å². The molecule has 21 heavy (non-hydrogen) atoms. The molecule has 2 aromatic rings. The average molecular weight is 350 g/mol. The summed E-state index contributed by atoms with van der Waals surface area (Å²) in [5.41, 5.74) is 3.15. The Morgan fingerprint density at radius 3 is 2.76 bits per heavy atom. The van der Waals surface area contributed by atoms with E-state index >= 15 is 0 Å². The molecule has 2 aromatic carbocycles. The lowest BCUT2D eigenvalue weighted by atomic mass is 10.1. The van der Waals surface area contributed by atoms with Crippen LogP contribution in [0, 0.1) is 6.92 Å². The fourth-order valence-electron chi connectivity index (χ4n) is 2.00. The maximum atomic E-state index is 11.5. The highest BCUT2D eigenvalue weighted by Gasteiger charge is 2.09. The zero-order valence-electron chi connectivity index (χ0n) is 11.8. The van der Waals surface area contributed by atoms with Crippen molar-refractivity contribution in [2.45, 2.75) is 13.5 Å². The number of hydrogen-bond donors (Lipinski definition) is 2. The van der Waals surface area contributed by atoms with Crippen molar-refractivity contribution in [3.8, 4) is 5.75 Å². The van der Waals surface area contributed by atoms with E-state index in [4.69, 9.17) is 4.74 Å². The molecule has 0 aliphatic heterocycles. The Bertz CT molecular complexity index is 671. The fourth-order valence-corrected chi connectivity index (χ4v) is 2.41. The van der Waals surface area contributed by atoms with Crippen molar-refractivity contribution in [2.75, 3.05) is 12.4 Å². The number of hydrogen-bond acceptors (Lipinski definition) is 4. The molecule has 0 aromatic heterocycles. The highest BCUT2D eigenvalue weighted by atomic mass is 79.9. The molecular weight excluding hydrogens is 334 g/mol. The Hall–Kier alpha value is -2.01. The van der Waals surface area contributed by atoms with Gasteiger partial charge < -0.3 is 15.2 Å². The van der Waals surface area contributed by atoms with E-state index < -0.39 is 0 Å². The second-order valence-corrected chi connectivity index (χ2v) is 5.48. The number of methoxy groups -OCH3 is 1. The van der Waals surface area contributed by atoms with Gasteiger partial charge in [-0.2, -0.15) is 0 Å². The van der Waals surface area contributed by atoms with Gasteiger partial charge in [-0.25, -0.2) is 4.79 Å². The van der Waals surface area contributed by atoms with Gasteiger partial charge in [0.2, 0.25) is 0 Å². The largest absolute Gasteiger partial charge is 0.506 e. The SMILES string of the molecule is COC(=O)c1ccc(NCc2cccc(Br)c2O)c(C)c1. The van der Waals surface area contributed by atoms with Crippen LogP contribution >= 0.6 is 15.9 Å². The molecule has 2 N–H and O–H groups in total. The highest BCUT2D eigenvalue weighted by molar-refractivity contribution is 9.10. The molecule has 5 heteroatoms. The lowest BCUT2D eigenvalue weighted by Gasteiger charge is -2.12. The minimum absolute atomic E-state index is 0.230. The number of halogens is 1. The molecule has 0 amide bonds. The molecule has 0 heterocycles. The Kier molecular flexibility index (Phi) is 4.85. The van der Waals surface area contributed by atoms with Crippen molar-refractivity contribution in [3.05, 3.63) is 57.6 Å². The quantitative estimate of drug-likeness (QED) is 0.822. The first-order valence-corrected chi connectivity index (χ1v) is 7.21. The second-order valence-electron chi connectivity index (χ2n) is 4.62. The second kappa shape index (κ2) is 6.63. The molecule has 0 aliphatic carbocycles. The average Bonchev–Trinajstić information content (AvgIpc) is 2.49. The van der Waals surface area contributed by atoms with Gasteiger partial charge in [0.1, 0.15) is 5.75 Å². The van der Waals surface area contributed by atoms with Crippen LogP contribution in [0.3, 0.4) is 0 Å². The molecule has 0 spiro atoms. The number of esters is 1. The highest BCUT2D eigenvalue weighted by Crippen LogP contribution is 2.28. The summed E-state index contributed by atoms with van der Waals surface area (Å²) in [6.45, 7) is 2.40. The summed E-state index contributed by atoms with van der Waals surface area (Å²) >= 11 is 3.29. The number of phenolic OH excluding ortho intramolecular Hbond substituents is 1. The Balaban J connectivity index is 2.13. The third kappa shape index (κ3) is 3.55. The van der Waals surface area contributed by atoms with E-state index in [2.05, 4.69) is 21.2 Å². The first kappa shape index (κ1) is 15.4. The predicted molar refractivity (Wildman–Crippen MR) is 85.7 cm³/mol. The van der Waals surface area contributed by atoms with Crippen LogP contribution in [0.15, 0.2) is 40.9 Å². The van der Waals surface area contributed by atoms with Crippen LogP contribution in [0.2, 0.25) is 0 Å². The van der Waals surface area contributed by atoms with Gasteiger partial charge in [-0.05, 0) is 52.7 Å². The van der Waals surface area contributed by atoms with Gasteiger partial charge in [0, 0.05) is 17.8 Å². The molecule has 0 atom stereocenters. The molecule has 0 unspecified atom stereocenters. The maximum Gasteiger partial charge on any atom is 0.337 e. The smallest absolute Gasteiger partial charge is 0.337 e. The summed E-state index contributed by atoms with van der Waals surface area (Å²) in [7, 11) is 1.36. The minimum atomic E-state index is -0.353. The van der Waals surface area contributed by atoms with Crippen molar-refractivity contribution in [1.29, 1.82) is 0 Å². The van der Waals surface area contributed by atoms with E-state index in [1.807, 2.05) is 25.1 Å². The molecule has 0 saturated carbocycles. The lowest BCUT2D eigenvalue weighted by Crippen LogP contribution is -2.05. The number of aryl methyl sites for hydroxylation is 1. The van der Waals surface area contributed by atoms with Gasteiger partial charge in [0.25, 0.3) is 0 Å². The van der Waals surface area contributed by atoms with E-state index in [-0.39, 0.29) is 11.7 Å². The number of anilines is 1. The summed E-state index contributed by atoms with van der Waals surface area (Å²) < 4.78 is 5.36. The number of benzene rings is 2. The normalized spacial score (nSPS) is 10.2. The molecular formula is C16H16BrNO3. The number of nitrogens with one attached hydrogen (secondary N) is 1. The lowest BCUT2D eigenvalue weighted by molar-refractivity contribution is 0.0600. The van der Waals surface area contributed by atoms with Crippen molar-refractivity contribution in [2.24, 2.45) is 0 Å². The van der Waals surface area contributed by atoms with E-state index in [1.54, 1.807) is 18.2 Å². The molecule has 110 valence electrons. The summed E-state index contributed by atoms with van der Waals surface area (Å²) in [4.78, 5) is 11.5. The van der Waals surface area contributed by atoms with Crippen molar-refractivity contribution < 1.29 is 14.6 Å². The molecule has 0 radical (unpaired) electrons. The predicted octanol–water partition coefficient (Wildman–Crippen LogP) is 3.86. The number of rotatable bonds is 4. The van der Waals surface area contributed by atoms with Crippen molar-refractivity contribution >= 4 is 27.6 Å². The number of phenols is 1. The number of aromatic hydroxyl groups is 1. The standard InChI is InChI=1S/C16H16BrNO3/c1-10-8-11(16(20)21-2)6-7-14(10)18-9-12-4-3-5-13(17)15(12)19/h3-8,18-19H,9H2,1-2H3. The number of carbonyl (C=O) groups is 1. The first-order chi connectivity index (χ1) is 10.0. The van der Waals surface area contributed by atoms with Gasteiger partial charge in [-0.1, -0.05) is 12.1 Å². The topological polar surface area (TPSA) is 58.6 Å². The van der Waals surface area contributed by atoms with Gasteiger partial charge >= 0.3 is 5.97 Å². The van der Waals surface area contributed by atoms with Crippen molar-refractivity contribution in [1.82, 2.24) is 0 Å². The Morgan fingerprint density at radius 2 is 2.10 bits per heavy atom. The number of carbonyl (C=O) groups excluding carboxylic acids is 1. The zero-order valence-corrected chi connectivity index (χ0v) is 13.4. The van der Waals surface area contributed by atoms with Gasteiger partial charge in [-0.3, -0.25) is 0 Å². The maximum absolute atomic E-state index is 11.5. The summed E-state index contributed by atoms with van der Waals surface area (Å²) in [5, 5.41) is 13.2. The molecule has 0 fully saturated rings. The first-order valence-electron chi connectivity index (χ1n) is 6.42.